The van der Waals surface area contributed by atoms with Crippen molar-refractivity contribution in [2.45, 2.75) is 0 Å². The van der Waals surface area contributed by atoms with Crippen molar-refractivity contribution in [3.05, 3.63) is 39.7 Å². The third-order valence-electron chi connectivity index (χ3n) is 1.98. The summed E-state index contributed by atoms with van der Waals surface area (Å²) in [6.07, 6.45) is 0. The van der Waals surface area contributed by atoms with Crippen molar-refractivity contribution in [1.82, 2.24) is 0 Å². The maximum atomic E-state index is 13.4. The number of benzene rings is 1. The Morgan fingerprint density at radius 3 is 2.87 bits per heavy atom. The first-order valence-corrected chi connectivity index (χ1v) is 4.30. The van der Waals surface area contributed by atoms with Gasteiger partial charge < -0.3 is 4.74 Å². The van der Waals surface area contributed by atoms with Gasteiger partial charge >= 0.3 is 0 Å². The quantitative estimate of drug-likeness (QED) is 0.549. The molecule has 15 heavy (non-hydrogen) atoms. The first-order valence-electron chi connectivity index (χ1n) is 4.30. The van der Waals surface area contributed by atoms with Crippen molar-refractivity contribution < 1.29 is 14.1 Å². The van der Waals surface area contributed by atoms with Gasteiger partial charge in [-0.3, -0.25) is 10.1 Å². The van der Waals surface area contributed by atoms with Gasteiger partial charge in [0, 0.05) is 6.07 Å². The van der Waals surface area contributed by atoms with Gasteiger partial charge in [0.15, 0.2) is 0 Å². The minimum Gasteiger partial charge on any atom is -0.475 e. The molecule has 0 fully saturated rings. The van der Waals surface area contributed by atoms with E-state index in [0.717, 1.165) is 6.07 Å². The van der Waals surface area contributed by atoms with E-state index in [4.69, 9.17) is 4.74 Å². The largest absolute Gasteiger partial charge is 0.475 e. The molecule has 0 spiro atoms. The van der Waals surface area contributed by atoms with E-state index < -0.39 is 10.7 Å². The number of non-ortho nitro benzene ring substituents is 1. The lowest BCUT2D eigenvalue weighted by atomic mass is 10.2. The molecule has 0 N–H and O–H groups in total. The Hall–Kier alpha value is -1.98. The van der Waals surface area contributed by atoms with Crippen LogP contribution in [-0.2, 0) is 4.74 Å². The van der Waals surface area contributed by atoms with Crippen molar-refractivity contribution in [1.29, 1.82) is 0 Å². The molecule has 1 aliphatic heterocycles. The Balaban J connectivity index is 2.38. The van der Waals surface area contributed by atoms with Gasteiger partial charge in [-0.1, -0.05) is 0 Å². The molecule has 1 heterocycles. The van der Waals surface area contributed by atoms with Crippen LogP contribution in [0.1, 0.15) is 5.56 Å². The van der Waals surface area contributed by atoms with E-state index in [2.05, 4.69) is 4.99 Å². The van der Waals surface area contributed by atoms with Gasteiger partial charge in [-0.2, -0.15) is 0 Å². The van der Waals surface area contributed by atoms with Gasteiger partial charge in [0.05, 0.1) is 23.1 Å². The van der Waals surface area contributed by atoms with Crippen LogP contribution >= 0.6 is 0 Å². The highest BCUT2D eigenvalue weighted by Crippen LogP contribution is 2.18. The van der Waals surface area contributed by atoms with Gasteiger partial charge in [-0.15, -0.1) is 0 Å². The zero-order valence-corrected chi connectivity index (χ0v) is 7.64. The number of rotatable bonds is 2. The van der Waals surface area contributed by atoms with Crippen LogP contribution in [0, 0.1) is 15.9 Å². The Morgan fingerprint density at radius 2 is 2.33 bits per heavy atom. The molecule has 0 aliphatic carbocycles. The van der Waals surface area contributed by atoms with Crippen LogP contribution in [0.2, 0.25) is 0 Å². The molecule has 1 aliphatic rings. The second-order valence-corrected chi connectivity index (χ2v) is 2.96. The van der Waals surface area contributed by atoms with Crippen molar-refractivity contribution in [3.63, 3.8) is 0 Å². The molecule has 1 aromatic rings. The summed E-state index contributed by atoms with van der Waals surface area (Å²) in [4.78, 5) is 13.6. The second kappa shape index (κ2) is 3.64. The van der Waals surface area contributed by atoms with Crippen molar-refractivity contribution in [2.24, 2.45) is 4.99 Å². The van der Waals surface area contributed by atoms with Crippen LogP contribution in [-0.4, -0.2) is 24.0 Å². The molecule has 0 atom stereocenters. The second-order valence-electron chi connectivity index (χ2n) is 2.96. The Labute approximate surface area is 84.3 Å². The molecular weight excluding hydrogens is 203 g/mol. The maximum absolute atomic E-state index is 13.4. The number of nitro groups is 1. The number of nitro benzene ring substituents is 1. The number of hydrogen-bond donors (Lipinski definition) is 0. The van der Waals surface area contributed by atoms with Crippen molar-refractivity contribution >= 4 is 11.6 Å². The third-order valence-corrected chi connectivity index (χ3v) is 1.98. The molecular formula is C9H7FN2O3. The summed E-state index contributed by atoms with van der Waals surface area (Å²) in [6, 6.07) is 3.39. The zero-order chi connectivity index (χ0) is 10.8. The van der Waals surface area contributed by atoms with E-state index in [1.54, 1.807) is 0 Å². The summed E-state index contributed by atoms with van der Waals surface area (Å²) in [5.41, 5.74) is -0.118. The van der Waals surface area contributed by atoms with E-state index in [-0.39, 0.29) is 17.1 Å². The first kappa shape index (κ1) is 9.57. The van der Waals surface area contributed by atoms with Crippen molar-refractivity contribution in [3.8, 4) is 0 Å². The Morgan fingerprint density at radius 1 is 1.53 bits per heavy atom. The average Bonchev–Trinajstić information content (AvgIpc) is 2.70. The zero-order valence-electron chi connectivity index (χ0n) is 7.64. The van der Waals surface area contributed by atoms with E-state index in [1.165, 1.54) is 12.1 Å². The molecule has 0 radical (unpaired) electrons. The predicted octanol–water partition coefficient (Wildman–Crippen LogP) is 1.51. The average molecular weight is 210 g/mol. The number of halogens is 1. The number of ether oxygens (including phenoxy) is 1. The molecule has 0 bridgehead atoms. The lowest BCUT2D eigenvalue weighted by molar-refractivity contribution is -0.385. The number of nitrogens with zero attached hydrogens (tertiary/aromatic N) is 2. The van der Waals surface area contributed by atoms with Crippen LogP contribution in [0.3, 0.4) is 0 Å². The van der Waals surface area contributed by atoms with Gasteiger partial charge in [0.2, 0.25) is 5.90 Å². The van der Waals surface area contributed by atoms with E-state index in [0.29, 0.717) is 13.2 Å². The third kappa shape index (κ3) is 1.78. The standard InChI is InChI=1S/C9H7FN2O3/c10-8-5-6(12(13)14)1-2-7(8)9-11-3-4-15-9/h1-2,5H,3-4H2. The van der Waals surface area contributed by atoms with Crippen LogP contribution in [0.25, 0.3) is 0 Å². The molecule has 2 rings (SSSR count). The van der Waals surface area contributed by atoms with Gasteiger partial charge in [-0.25, -0.2) is 9.38 Å². The fraction of sp³-hybridized carbons (Fsp3) is 0.222. The summed E-state index contributed by atoms with van der Waals surface area (Å²) >= 11 is 0. The van der Waals surface area contributed by atoms with Gasteiger partial charge in [0.25, 0.3) is 5.69 Å². The maximum Gasteiger partial charge on any atom is 0.272 e. The monoisotopic (exact) mass is 210 g/mol. The van der Waals surface area contributed by atoms with Crippen LogP contribution < -0.4 is 0 Å². The summed E-state index contributed by atoms with van der Waals surface area (Å²) in [5, 5.41) is 10.4. The fourth-order valence-corrected chi connectivity index (χ4v) is 1.29. The lowest BCUT2D eigenvalue weighted by Crippen LogP contribution is -2.04. The molecule has 78 valence electrons. The van der Waals surface area contributed by atoms with Crippen LogP contribution in [0.4, 0.5) is 10.1 Å². The molecule has 1 aromatic carbocycles. The van der Waals surface area contributed by atoms with E-state index in [1.807, 2.05) is 0 Å². The van der Waals surface area contributed by atoms with E-state index >= 15 is 0 Å². The van der Waals surface area contributed by atoms with E-state index in [9.17, 15) is 14.5 Å². The van der Waals surface area contributed by atoms with Gasteiger partial charge in [0.1, 0.15) is 12.4 Å². The predicted molar refractivity (Wildman–Crippen MR) is 50.4 cm³/mol. The topological polar surface area (TPSA) is 64.7 Å². The van der Waals surface area contributed by atoms with Crippen LogP contribution in [0.5, 0.6) is 0 Å². The molecule has 0 aromatic heterocycles. The number of aliphatic imine (C=N–C) groups is 1. The minimum absolute atomic E-state index is 0.165. The van der Waals surface area contributed by atoms with Crippen molar-refractivity contribution in [2.75, 3.05) is 13.2 Å². The highest BCUT2D eigenvalue weighted by atomic mass is 19.1. The summed E-state index contributed by atoms with van der Waals surface area (Å²) in [5.74, 6) is -0.479. The molecule has 6 heteroatoms. The first-order chi connectivity index (χ1) is 7.18. The Kier molecular flexibility index (Phi) is 2.32. The molecule has 5 nitrogen and oxygen atoms in total. The molecule has 0 amide bonds. The lowest BCUT2D eigenvalue weighted by Gasteiger charge is -2.02. The Bertz CT molecular complexity index is 445. The summed E-state index contributed by atoms with van der Waals surface area (Å²) in [6.45, 7) is 0.914. The fourth-order valence-electron chi connectivity index (χ4n) is 1.29. The molecule has 0 unspecified atom stereocenters. The SMILES string of the molecule is O=[N+]([O-])c1ccc(C2=NCCO2)c(F)c1. The summed E-state index contributed by atoms with van der Waals surface area (Å²) < 4.78 is 18.5. The smallest absolute Gasteiger partial charge is 0.272 e. The van der Waals surface area contributed by atoms with Crippen LogP contribution in [0.15, 0.2) is 23.2 Å². The molecule has 0 saturated carbocycles. The normalized spacial score (nSPS) is 14.6. The van der Waals surface area contributed by atoms with Gasteiger partial charge in [-0.05, 0) is 6.07 Å². The summed E-state index contributed by atoms with van der Waals surface area (Å²) in [7, 11) is 0. The number of hydrogen-bond acceptors (Lipinski definition) is 4. The highest BCUT2D eigenvalue weighted by Gasteiger charge is 2.17. The minimum atomic E-state index is -0.690. The highest BCUT2D eigenvalue weighted by molar-refractivity contribution is 5.95. The molecule has 0 saturated heterocycles.